The normalized spacial score (nSPS) is 28.0. The molecule has 0 spiro atoms. The van der Waals surface area contributed by atoms with Crippen LogP contribution in [0.5, 0.6) is 0 Å². The van der Waals surface area contributed by atoms with Crippen molar-refractivity contribution in [1.82, 2.24) is 20.1 Å². The van der Waals surface area contributed by atoms with E-state index in [1.807, 2.05) is 24.1 Å². The van der Waals surface area contributed by atoms with Crippen molar-refractivity contribution >= 4 is 41.4 Å². The van der Waals surface area contributed by atoms with Crippen LogP contribution in [-0.2, 0) is 4.79 Å². The lowest BCUT2D eigenvalue weighted by atomic mass is 10.1. The molecule has 3 aliphatic rings. The molecule has 0 bridgehead atoms. The Morgan fingerprint density at radius 2 is 2.03 bits per heavy atom. The third kappa shape index (κ3) is 3.65. The van der Waals surface area contributed by atoms with Crippen molar-refractivity contribution in [3.05, 3.63) is 58.9 Å². The van der Waals surface area contributed by atoms with Gasteiger partial charge in [0.15, 0.2) is 0 Å². The third-order valence-electron chi connectivity index (χ3n) is 5.57. The molecule has 4 atom stereocenters. The lowest BCUT2D eigenvalue weighted by molar-refractivity contribution is -0.123. The van der Waals surface area contributed by atoms with Crippen LogP contribution in [-0.4, -0.2) is 51.6 Å². The van der Waals surface area contributed by atoms with Gasteiger partial charge in [-0.05, 0) is 49.9 Å². The van der Waals surface area contributed by atoms with Crippen LogP contribution in [0.1, 0.15) is 24.4 Å². The van der Waals surface area contributed by atoms with Gasteiger partial charge in [-0.1, -0.05) is 20.7 Å². The highest BCUT2D eigenvalue weighted by Crippen LogP contribution is 2.45. The Balaban J connectivity index is 1.40. The predicted molar refractivity (Wildman–Crippen MR) is 122 cm³/mol. The zero-order chi connectivity index (χ0) is 20.1. The first-order chi connectivity index (χ1) is 14.0. The zero-order valence-corrected chi connectivity index (χ0v) is 18.7. The van der Waals surface area contributed by atoms with Gasteiger partial charge in [-0.3, -0.25) is 4.79 Å². The van der Waals surface area contributed by atoms with E-state index in [1.54, 1.807) is 11.3 Å². The summed E-state index contributed by atoms with van der Waals surface area (Å²) in [5, 5.41) is 5.76. The van der Waals surface area contributed by atoms with Crippen LogP contribution in [0.4, 0.5) is 0 Å². The molecule has 0 radical (unpaired) electrons. The number of rotatable bonds is 2. The van der Waals surface area contributed by atoms with Crippen molar-refractivity contribution in [1.29, 1.82) is 0 Å². The van der Waals surface area contributed by atoms with Crippen LogP contribution in [0, 0.1) is 6.92 Å². The summed E-state index contributed by atoms with van der Waals surface area (Å²) in [4.78, 5) is 21.9. The summed E-state index contributed by atoms with van der Waals surface area (Å²) in [7, 11) is 0.532. The molecule has 1 fully saturated rings. The maximum Gasteiger partial charge on any atom is 0.252 e. The summed E-state index contributed by atoms with van der Waals surface area (Å²) in [5.41, 5.74) is 3.27. The first-order valence-corrected chi connectivity index (χ1v) is 11.9. The molecule has 2 aromatic rings. The maximum absolute atomic E-state index is 13.0. The van der Waals surface area contributed by atoms with Crippen molar-refractivity contribution < 1.29 is 4.79 Å². The molecule has 0 saturated carbocycles. The summed E-state index contributed by atoms with van der Waals surface area (Å²) in [6.07, 6.45) is 8.25. The molecule has 29 heavy (non-hydrogen) atoms. The van der Waals surface area contributed by atoms with E-state index >= 15 is 0 Å². The number of thiazole rings is 1. The van der Waals surface area contributed by atoms with Crippen LogP contribution in [0.3, 0.4) is 0 Å². The quantitative estimate of drug-likeness (QED) is 0.744. The van der Waals surface area contributed by atoms with Crippen LogP contribution in [0.2, 0.25) is 0 Å². The van der Waals surface area contributed by atoms with Crippen LogP contribution >= 0.6 is 19.9 Å². The maximum atomic E-state index is 13.0. The van der Waals surface area contributed by atoms with Crippen molar-refractivity contribution in [2.75, 3.05) is 13.1 Å². The minimum atomic E-state index is 0.0661. The first kappa shape index (κ1) is 19.0. The predicted octanol–water partition coefficient (Wildman–Crippen LogP) is 3.89. The number of benzene rings is 1. The molecular weight excluding hydrogens is 399 g/mol. The number of hydrogen-bond acceptors (Lipinski definition) is 5. The minimum Gasteiger partial charge on any atom is -0.367 e. The molecule has 5 nitrogen and oxygen atoms in total. The van der Waals surface area contributed by atoms with Crippen LogP contribution < -0.4 is 5.32 Å². The second-order valence-electron chi connectivity index (χ2n) is 8.09. The van der Waals surface area contributed by atoms with Gasteiger partial charge in [0.2, 0.25) is 0 Å². The summed E-state index contributed by atoms with van der Waals surface area (Å²) >= 11 is 1.71. The highest BCUT2D eigenvalue weighted by atomic mass is 32.1. The number of piperazine rings is 1. The number of carbonyl (C=O) groups excluding carboxylic acids is 1. The number of amides is 1. The molecule has 1 N–H and O–H groups in total. The van der Waals surface area contributed by atoms with Gasteiger partial charge in [-0.25, -0.2) is 4.98 Å². The minimum absolute atomic E-state index is 0.0661. The van der Waals surface area contributed by atoms with E-state index in [-0.39, 0.29) is 11.7 Å². The number of aromatic nitrogens is 1. The highest BCUT2D eigenvalue weighted by Gasteiger charge is 2.31. The Morgan fingerprint density at radius 1 is 1.24 bits per heavy atom. The molecule has 7 heteroatoms. The number of fused-ring (bicyclic) bond motifs is 2. The molecule has 1 aromatic heterocycles. The fourth-order valence-electron chi connectivity index (χ4n) is 4.37. The second-order valence-corrected chi connectivity index (χ2v) is 10.7. The fraction of sp³-hybridized carbons (Fsp3) is 0.364. The van der Waals surface area contributed by atoms with Crippen molar-refractivity contribution in [2.24, 2.45) is 0 Å². The van der Waals surface area contributed by atoms with Gasteiger partial charge in [0.1, 0.15) is 0 Å². The SMILES string of the molecule is Cc1nc2cc(C3=CC(=O)N4C=C(N5C[C@@H](C)N[C@@H](C)C5)C=CC4P3)ccc2s1. The van der Waals surface area contributed by atoms with Crippen molar-refractivity contribution in [3.63, 3.8) is 0 Å². The molecule has 2 unspecified atom stereocenters. The van der Waals surface area contributed by atoms with Gasteiger partial charge in [0, 0.05) is 37.4 Å². The molecule has 0 aliphatic carbocycles. The average Bonchev–Trinajstić information content (AvgIpc) is 3.06. The number of carbonyl (C=O) groups is 1. The number of allylic oxidation sites excluding steroid dienone is 1. The van der Waals surface area contributed by atoms with Gasteiger partial charge in [-0.15, -0.1) is 11.3 Å². The van der Waals surface area contributed by atoms with Gasteiger partial charge in [-0.2, -0.15) is 0 Å². The molecule has 1 aromatic carbocycles. The Morgan fingerprint density at radius 3 is 2.83 bits per heavy atom. The second kappa shape index (κ2) is 7.35. The smallest absolute Gasteiger partial charge is 0.252 e. The zero-order valence-electron chi connectivity index (χ0n) is 16.8. The Kier molecular flexibility index (Phi) is 4.81. The van der Waals surface area contributed by atoms with E-state index in [9.17, 15) is 4.79 Å². The lowest BCUT2D eigenvalue weighted by Crippen LogP contribution is -2.54. The largest absolute Gasteiger partial charge is 0.367 e. The molecular formula is C22H25N4OPS. The van der Waals surface area contributed by atoms with Gasteiger partial charge < -0.3 is 15.1 Å². The third-order valence-corrected chi connectivity index (χ3v) is 8.04. The van der Waals surface area contributed by atoms with Crippen molar-refractivity contribution in [2.45, 2.75) is 38.6 Å². The fourth-order valence-corrected chi connectivity index (χ4v) is 6.56. The highest BCUT2D eigenvalue weighted by molar-refractivity contribution is 7.51. The topological polar surface area (TPSA) is 48.5 Å². The van der Waals surface area contributed by atoms with Crippen LogP contribution in [0.25, 0.3) is 15.5 Å². The van der Waals surface area contributed by atoms with Gasteiger partial charge in [0.25, 0.3) is 5.91 Å². The Bertz CT molecular complexity index is 1060. The number of hydrogen-bond donors (Lipinski definition) is 1. The number of nitrogens with zero attached hydrogens (tertiary/aromatic N) is 3. The van der Waals surface area contributed by atoms with E-state index in [0.29, 0.717) is 20.7 Å². The molecule has 5 rings (SSSR count). The first-order valence-electron chi connectivity index (χ1n) is 10.1. The monoisotopic (exact) mass is 424 g/mol. The number of aryl methyl sites for hydroxylation is 1. The van der Waals surface area contributed by atoms with Gasteiger partial charge in [0.05, 0.1) is 26.7 Å². The lowest BCUT2D eigenvalue weighted by Gasteiger charge is -2.41. The summed E-state index contributed by atoms with van der Waals surface area (Å²) in [6.45, 7) is 8.38. The molecule has 150 valence electrons. The molecule has 1 amide bonds. The number of nitrogens with one attached hydrogen (secondary N) is 1. The van der Waals surface area contributed by atoms with Gasteiger partial charge >= 0.3 is 0 Å². The molecule has 3 aliphatic heterocycles. The molecule has 4 heterocycles. The van der Waals surface area contributed by atoms with Crippen LogP contribution in [0.15, 0.2) is 48.3 Å². The Hall–Kier alpha value is -2.01. The van der Waals surface area contributed by atoms with E-state index in [4.69, 9.17) is 0 Å². The standard InChI is InChI=1S/C22H25N4OPS/c1-13-10-25(11-14(2)23-13)17-5-7-22-26(12-17)21(27)9-19(28-22)16-4-6-20-18(8-16)24-15(3)29-20/h4-9,12-14,22-23,28H,10-11H2,1-3H3/t13-,14+,22?. The Labute approximate surface area is 177 Å². The average molecular weight is 425 g/mol. The van der Waals surface area contributed by atoms with E-state index in [1.165, 1.54) is 4.70 Å². The van der Waals surface area contributed by atoms with E-state index < -0.39 is 0 Å². The van der Waals surface area contributed by atoms with E-state index in [0.717, 1.165) is 40.2 Å². The summed E-state index contributed by atoms with van der Waals surface area (Å²) in [5.74, 6) is 0.174. The summed E-state index contributed by atoms with van der Waals surface area (Å²) in [6, 6.07) is 7.26. The van der Waals surface area contributed by atoms with E-state index in [2.05, 4.69) is 59.4 Å². The molecule has 1 saturated heterocycles. The summed E-state index contributed by atoms with van der Waals surface area (Å²) < 4.78 is 1.20. The van der Waals surface area contributed by atoms with Crippen molar-refractivity contribution in [3.8, 4) is 0 Å².